The maximum absolute atomic E-state index is 13.4. The summed E-state index contributed by atoms with van der Waals surface area (Å²) < 4.78 is 24.1. The summed E-state index contributed by atoms with van der Waals surface area (Å²) in [5.74, 6) is 0.876. The minimum absolute atomic E-state index is 0.0648. The van der Waals surface area contributed by atoms with Crippen molar-refractivity contribution in [1.82, 2.24) is 15.2 Å². The lowest BCUT2D eigenvalue weighted by Crippen LogP contribution is -2.40. The Balaban J connectivity index is 1.21. The van der Waals surface area contributed by atoms with E-state index in [1.165, 1.54) is 12.1 Å². The number of nitrogens with zero attached hydrogens (tertiary/aromatic N) is 4. The number of piperidine rings is 1. The maximum atomic E-state index is 13.4. The summed E-state index contributed by atoms with van der Waals surface area (Å²) >= 11 is 0. The van der Waals surface area contributed by atoms with Crippen molar-refractivity contribution in [2.75, 3.05) is 24.5 Å². The number of hydrogen-bond acceptors (Lipinski definition) is 6. The fourth-order valence-electron chi connectivity index (χ4n) is 4.65. The number of carbonyl (C=O) groups is 1. The van der Waals surface area contributed by atoms with E-state index >= 15 is 0 Å². The highest BCUT2D eigenvalue weighted by atomic mass is 19.1. The zero-order chi connectivity index (χ0) is 22.9. The van der Waals surface area contributed by atoms with Crippen LogP contribution in [0.5, 0.6) is 0 Å². The number of halogens is 1. The first-order chi connectivity index (χ1) is 16.0. The molecule has 3 heterocycles. The van der Waals surface area contributed by atoms with Crippen LogP contribution in [0.3, 0.4) is 0 Å². The van der Waals surface area contributed by atoms with Crippen LogP contribution in [0.4, 0.5) is 10.2 Å². The summed E-state index contributed by atoms with van der Waals surface area (Å²) in [5, 5.41) is 9.81. The van der Waals surface area contributed by atoms with Gasteiger partial charge in [0.1, 0.15) is 5.82 Å². The van der Waals surface area contributed by atoms with Gasteiger partial charge in [-0.1, -0.05) is 22.4 Å². The van der Waals surface area contributed by atoms with Crippen molar-refractivity contribution in [1.29, 1.82) is 0 Å². The van der Waals surface area contributed by atoms with Gasteiger partial charge in [-0.2, -0.15) is 0 Å². The second kappa shape index (κ2) is 8.84. The quantitative estimate of drug-likeness (QED) is 0.399. The van der Waals surface area contributed by atoms with Crippen molar-refractivity contribution in [3.05, 3.63) is 54.0 Å². The molecule has 1 aliphatic heterocycles. The van der Waals surface area contributed by atoms with Gasteiger partial charge in [0.15, 0.2) is 22.7 Å². The van der Waals surface area contributed by atoms with Crippen LogP contribution in [0.25, 0.3) is 21.9 Å². The molecule has 5 rings (SSSR count). The number of aromatic nitrogens is 2. The predicted octanol–water partition coefficient (Wildman–Crippen LogP) is 5.27. The average molecular weight is 451 g/mol. The Morgan fingerprint density at radius 3 is 2.64 bits per heavy atom. The molecule has 33 heavy (non-hydrogen) atoms. The third-order valence-electron chi connectivity index (χ3n) is 6.57. The Morgan fingerprint density at radius 2 is 1.85 bits per heavy atom. The average Bonchev–Trinajstić information content (AvgIpc) is 3.43. The van der Waals surface area contributed by atoms with E-state index in [0.29, 0.717) is 29.3 Å². The molecule has 1 saturated heterocycles. The summed E-state index contributed by atoms with van der Waals surface area (Å²) in [5.41, 5.74) is 1.47. The fraction of sp³-hybridized carbons (Fsp3) is 0.400. The van der Waals surface area contributed by atoms with Gasteiger partial charge in [-0.3, -0.25) is 4.79 Å². The van der Waals surface area contributed by atoms with Crippen molar-refractivity contribution >= 4 is 33.7 Å². The molecule has 2 aromatic carbocycles. The molecule has 0 aliphatic carbocycles. The molecule has 1 aliphatic rings. The minimum atomic E-state index is -0.327. The predicted molar refractivity (Wildman–Crippen MR) is 124 cm³/mol. The number of amides is 1. The maximum Gasteiger partial charge on any atom is 0.276 e. The van der Waals surface area contributed by atoms with E-state index in [-0.39, 0.29) is 17.8 Å². The van der Waals surface area contributed by atoms with E-state index in [1.807, 2.05) is 43.0 Å². The summed E-state index contributed by atoms with van der Waals surface area (Å²) in [6, 6.07) is 12.0. The van der Waals surface area contributed by atoms with Gasteiger partial charge in [0, 0.05) is 31.7 Å². The van der Waals surface area contributed by atoms with Gasteiger partial charge in [-0.15, -0.1) is 0 Å². The van der Waals surface area contributed by atoms with Gasteiger partial charge in [0.25, 0.3) is 5.91 Å². The van der Waals surface area contributed by atoms with Crippen LogP contribution < -0.4 is 4.90 Å². The normalized spacial score (nSPS) is 15.1. The van der Waals surface area contributed by atoms with Crippen LogP contribution in [0, 0.1) is 11.7 Å². The summed E-state index contributed by atoms with van der Waals surface area (Å²) in [4.78, 5) is 17.3. The second-order valence-electron chi connectivity index (χ2n) is 8.99. The third kappa shape index (κ3) is 4.17. The Labute approximate surface area is 191 Å². The molecule has 7 nitrogen and oxygen atoms in total. The lowest BCUT2D eigenvalue weighted by molar-refractivity contribution is 0.0682. The van der Waals surface area contributed by atoms with Crippen molar-refractivity contribution in [3.63, 3.8) is 0 Å². The Morgan fingerprint density at radius 1 is 1.09 bits per heavy atom. The molecule has 0 atom stereocenters. The molecule has 0 radical (unpaired) electrons. The summed E-state index contributed by atoms with van der Waals surface area (Å²) in [7, 11) is 0. The molecule has 2 aromatic heterocycles. The van der Waals surface area contributed by atoms with Crippen LogP contribution in [-0.2, 0) is 0 Å². The van der Waals surface area contributed by atoms with Gasteiger partial charge in [-0.05, 0) is 63.3 Å². The lowest BCUT2D eigenvalue weighted by Gasteiger charge is -2.34. The molecule has 0 spiro atoms. The van der Waals surface area contributed by atoms with E-state index in [4.69, 9.17) is 9.05 Å². The van der Waals surface area contributed by atoms with Gasteiger partial charge < -0.3 is 18.8 Å². The van der Waals surface area contributed by atoms with E-state index < -0.39 is 0 Å². The van der Waals surface area contributed by atoms with Crippen molar-refractivity contribution in [2.24, 2.45) is 5.92 Å². The van der Waals surface area contributed by atoms with Gasteiger partial charge in [-0.25, -0.2) is 4.39 Å². The minimum Gasteiger partial charge on any atom is -0.355 e. The van der Waals surface area contributed by atoms with Crippen molar-refractivity contribution in [3.8, 4) is 0 Å². The lowest BCUT2D eigenvalue weighted by atomic mass is 9.93. The zero-order valence-electron chi connectivity index (χ0n) is 18.8. The molecule has 0 saturated carbocycles. The molecule has 1 amide bonds. The highest BCUT2D eigenvalue weighted by molar-refractivity contribution is 6.04. The highest BCUT2D eigenvalue weighted by Crippen LogP contribution is 2.31. The van der Waals surface area contributed by atoms with Crippen LogP contribution >= 0.6 is 0 Å². The molecule has 1 fully saturated rings. The van der Waals surface area contributed by atoms with Crippen LogP contribution in [-0.4, -0.2) is 46.8 Å². The first-order valence-electron chi connectivity index (χ1n) is 11.5. The molecular formula is C25H27FN4O3. The number of anilines is 1. The Hall–Kier alpha value is -3.42. The SMILES string of the molecule is CC(C)N(CCC1CCN(c2noc3cc(F)ccc23)CC1)C(=O)c1noc2ccccc12. The first kappa shape index (κ1) is 21.4. The van der Waals surface area contributed by atoms with Crippen LogP contribution in [0.15, 0.2) is 51.5 Å². The number of benzene rings is 2. The molecular weight excluding hydrogens is 423 g/mol. The fourth-order valence-corrected chi connectivity index (χ4v) is 4.65. The van der Waals surface area contributed by atoms with Crippen LogP contribution in [0.1, 0.15) is 43.6 Å². The largest absolute Gasteiger partial charge is 0.355 e. The molecule has 8 heteroatoms. The first-order valence-corrected chi connectivity index (χ1v) is 11.5. The van der Waals surface area contributed by atoms with E-state index in [2.05, 4.69) is 15.2 Å². The molecule has 0 N–H and O–H groups in total. The molecule has 4 aromatic rings. The molecule has 0 bridgehead atoms. The summed E-state index contributed by atoms with van der Waals surface area (Å²) in [6.45, 7) is 6.44. The number of carbonyl (C=O) groups excluding carboxylic acids is 1. The molecule has 172 valence electrons. The van der Waals surface area contributed by atoms with Gasteiger partial charge >= 0.3 is 0 Å². The highest BCUT2D eigenvalue weighted by Gasteiger charge is 2.27. The van der Waals surface area contributed by atoms with Crippen LogP contribution in [0.2, 0.25) is 0 Å². The van der Waals surface area contributed by atoms with E-state index in [1.54, 1.807) is 6.07 Å². The standard InChI is InChI=1S/C25H27FN4O3/c1-16(2)30(25(31)23-19-5-3-4-6-21(19)32-27-23)14-11-17-9-12-29(13-10-17)24-20-8-7-18(26)15-22(20)33-28-24/h3-8,15-17H,9-14H2,1-2H3. The zero-order valence-corrected chi connectivity index (χ0v) is 18.8. The third-order valence-corrected chi connectivity index (χ3v) is 6.57. The van der Waals surface area contributed by atoms with Gasteiger partial charge in [0.2, 0.25) is 0 Å². The number of para-hydroxylation sites is 1. The topological polar surface area (TPSA) is 75.6 Å². The summed E-state index contributed by atoms with van der Waals surface area (Å²) in [6.07, 6.45) is 2.93. The number of hydrogen-bond donors (Lipinski definition) is 0. The smallest absolute Gasteiger partial charge is 0.276 e. The van der Waals surface area contributed by atoms with Crippen molar-refractivity contribution in [2.45, 2.75) is 39.2 Å². The number of fused-ring (bicyclic) bond motifs is 2. The van der Waals surface area contributed by atoms with E-state index in [0.717, 1.165) is 48.9 Å². The Bertz CT molecular complexity index is 1270. The Kier molecular flexibility index (Phi) is 5.74. The number of rotatable bonds is 6. The molecule has 0 unspecified atom stereocenters. The van der Waals surface area contributed by atoms with Gasteiger partial charge in [0.05, 0.1) is 10.8 Å². The van der Waals surface area contributed by atoms with Crippen molar-refractivity contribution < 1.29 is 18.2 Å². The second-order valence-corrected chi connectivity index (χ2v) is 8.99. The monoisotopic (exact) mass is 450 g/mol. The van der Waals surface area contributed by atoms with E-state index in [9.17, 15) is 9.18 Å².